The lowest BCUT2D eigenvalue weighted by Gasteiger charge is -2.05. The summed E-state index contributed by atoms with van der Waals surface area (Å²) in [4.78, 5) is 0. The molecule has 2 aromatic carbocycles. The van der Waals surface area contributed by atoms with Crippen LogP contribution in [0.15, 0.2) is 57.4 Å². The predicted molar refractivity (Wildman–Crippen MR) is 86.3 cm³/mol. The van der Waals surface area contributed by atoms with Gasteiger partial charge in [0, 0.05) is 10.0 Å². The van der Waals surface area contributed by atoms with Crippen LogP contribution in [-0.4, -0.2) is 10.2 Å². The predicted octanol–water partition coefficient (Wildman–Crippen LogP) is 5.14. The first-order chi connectivity index (χ1) is 10.2. The molecule has 0 aliphatic heterocycles. The third-order valence-electron chi connectivity index (χ3n) is 3.25. The molecule has 0 saturated heterocycles. The minimum Gasteiger partial charge on any atom is -0.419 e. The minimum absolute atomic E-state index is 0.400. The van der Waals surface area contributed by atoms with Gasteiger partial charge >= 0.3 is 0 Å². The summed E-state index contributed by atoms with van der Waals surface area (Å²) in [7, 11) is 0. The second kappa shape index (κ2) is 6.00. The standard InChI is InChI=1S/C16H12BrClN2O/c1-10-12(8-5-9-13(10)17)15-19-20-16(21-15)14(18)11-6-3-2-4-7-11/h2-9,14H,1H3. The molecule has 0 saturated carbocycles. The molecule has 1 heterocycles. The second-order valence-corrected chi connectivity index (χ2v) is 5.92. The minimum atomic E-state index is -0.445. The Morgan fingerprint density at radius 3 is 2.57 bits per heavy atom. The van der Waals surface area contributed by atoms with Crippen molar-refractivity contribution in [3.63, 3.8) is 0 Å². The molecular weight excluding hydrogens is 352 g/mol. The number of halogens is 2. The number of alkyl halides is 1. The van der Waals surface area contributed by atoms with Crippen molar-refractivity contribution in [2.45, 2.75) is 12.3 Å². The zero-order valence-electron chi connectivity index (χ0n) is 11.3. The maximum Gasteiger partial charge on any atom is 0.248 e. The molecule has 0 spiro atoms. The van der Waals surface area contributed by atoms with E-state index in [9.17, 15) is 0 Å². The molecule has 0 aliphatic rings. The highest BCUT2D eigenvalue weighted by Crippen LogP contribution is 2.32. The van der Waals surface area contributed by atoms with Gasteiger partial charge in [0.05, 0.1) is 0 Å². The zero-order chi connectivity index (χ0) is 14.8. The third-order valence-corrected chi connectivity index (χ3v) is 4.55. The van der Waals surface area contributed by atoms with E-state index in [4.69, 9.17) is 16.0 Å². The summed E-state index contributed by atoms with van der Waals surface area (Å²) in [6.45, 7) is 2.00. The van der Waals surface area contributed by atoms with Crippen LogP contribution < -0.4 is 0 Å². The lowest BCUT2D eigenvalue weighted by molar-refractivity contribution is 0.513. The van der Waals surface area contributed by atoms with Crippen molar-refractivity contribution in [2.24, 2.45) is 0 Å². The second-order valence-electron chi connectivity index (χ2n) is 4.63. The Hall–Kier alpha value is -1.65. The van der Waals surface area contributed by atoms with Crippen molar-refractivity contribution >= 4 is 27.5 Å². The Bertz CT molecular complexity index is 758. The van der Waals surface area contributed by atoms with Gasteiger partial charge in [0.2, 0.25) is 11.8 Å². The Morgan fingerprint density at radius 1 is 1.05 bits per heavy atom. The first kappa shape index (κ1) is 14.3. The summed E-state index contributed by atoms with van der Waals surface area (Å²) >= 11 is 9.90. The first-order valence-electron chi connectivity index (χ1n) is 6.44. The van der Waals surface area contributed by atoms with Crippen molar-refractivity contribution in [1.29, 1.82) is 0 Å². The summed E-state index contributed by atoms with van der Waals surface area (Å²) in [5.41, 5.74) is 2.89. The Balaban J connectivity index is 1.95. The topological polar surface area (TPSA) is 38.9 Å². The Kier molecular flexibility index (Phi) is 4.08. The van der Waals surface area contributed by atoms with Crippen molar-refractivity contribution < 1.29 is 4.42 Å². The van der Waals surface area contributed by atoms with E-state index in [2.05, 4.69) is 26.1 Å². The average molecular weight is 364 g/mol. The van der Waals surface area contributed by atoms with Crippen LogP contribution in [0.2, 0.25) is 0 Å². The van der Waals surface area contributed by atoms with Gasteiger partial charge in [0.15, 0.2) is 0 Å². The van der Waals surface area contributed by atoms with Gasteiger partial charge < -0.3 is 4.42 Å². The van der Waals surface area contributed by atoms with Gasteiger partial charge in [-0.15, -0.1) is 21.8 Å². The van der Waals surface area contributed by atoms with E-state index in [1.165, 1.54) is 0 Å². The molecule has 0 fully saturated rings. The highest BCUT2D eigenvalue weighted by atomic mass is 79.9. The molecule has 3 aromatic rings. The normalized spacial score (nSPS) is 12.3. The highest BCUT2D eigenvalue weighted by Gasteiger charge is 2.19. The molecule has 0 N–H and O–H groups in total. The fraction of sp³-hybridized carbons (Fsp3) is 0.125. The van der Waals surface area contributed by atoms with Crippen molar-refractivity contribution in [3.8, 4) is 11.5 Å². The summed E-state index contributed by atoms with van der Waals surface area (Å²) in [6, 6.07) is 15.5. The van der Waals surface area contributed by atoms with Gasteiger partial charge in [-0.3, -0.25) is 0 Å². The molecule has 0 radical (unpaired) electrons. The third kappa shape index (κ3) is 2.87. The quantitative estimate of drug-likeness (QED) is 0.605. The zero-order valence-corrected chi connectivity index (χ0v) is 13.6. The monoisotopic (exact) mass is 362 g/mol. The maximum atomic E-state index is 6.40. The maximum absolute atomic E-state index is 6.40. The van der Waals surface area contributed by atoms with Crippen LogP contribution in [0.3, 0.4) is 0 Å². The molecule has 106 valence electrons. The molecule has 1 aromatic heterocycles. The highest BCUT2D eigenvalue weighted by molar-refractivity contribution is 9.10. The van der Waals surface area contributed by atoms with Crippen LogP contribution in [-0.2, 0) is 0 Å². The van der Waals surface area contributed by atoms with Gasteiger partial charge in [-0.25, -0.2) is 0 Å². The van der Waals surface area contributed by atoms with Crippen LogP contribution in [0.4, 0.5) is 0 Å². The average Bonchev–Trinajstić information content (AvgIpc) is 3.00. The summed E-state index contributed by atoms with van der Waals surface area (Å²) in [5.74, 6) is 0.877. The van der Waals surface area contributed by atoms with Crippen LogP contribution in [0, 0.1) is 6.92 Å². The van der Waals surface area contributed by atoms with E-state index >= 15 is 0 Å². The number of aromatic nitrogens is 2. The van der Waals surface area contributed by atoms with Crippen LogP contribution in [0.5, 0.6) is 0 Å². The van der Waals surface area contributed by atoms with E-state index in [0.29, 0.717) is 11.8 Å². The van der Waals surface area contributed by atoms with Crippen LogP contribution in [0.1, 0.15) is 22.4 Å². The lowest BCUT2D eigenvalue weighted by Crippen LogP contribution is -1.92. The van der Waals surface area contributed by atoms with E-state index in [1.807, 2.05) is 55.5 Å². The largest absolute Gasteiger partial charge is 0.419 e. The van der Waals surface area contributed by atoms with E-state index in [1.54, 1.807) is 0 Å². The molecule has 21 heavy (non-hydrogen) atoms. The Morgan fingerprint density at radius 2 is 1.81 bits per heavy atom. The van der Waals surface area contributed by atoms with Crippen molar-refractivity contribution in [2.75, 3.05) is 0 Å². The number of benzene rings is 2. The fourth-order valence-corrected chi connectivity index (χ4v) is 2.65. The van der Waals surface area contributed by atoms with Crippen LogP contribution in [0.25, 0.3) is 11.5 Å². The Labute approximate surface area is 136 Å². The molecule has 0 amide bonds. The molecular formula is C16H12BrClN2O. The SMILES string of the molecule is Cc1c(Br)cccc1-c1nnc(C(Cl)c2ccccc2)o1. The van der Waals surface area contributed by atoms with E-state index in [0.717, 1.165) is 21.2 Å². The summed E-state index contributed by atoms with van der Waals surface area (Å²) in [5, 5.41) is 7.74. The molecule has 1 unspecified atom stereocenters. The molecule has 0 aliphatic carbocycles. The lowest BCUT2D eigenvalue weighted by atomic mass is 10.1. The number of hydrogen-bond donors (Lipinski definition) is 0. The molecule has 5 heteroatoms. The summed E-state index contributed by atoms with van der Waals surface area (Å²) in [6.07, 6.45) is 0. The molecule has 0 bridgehead atoms. The number of hydrogen-bond acceptors (Lipinski definition) is 3. The van der Waals surface area contributed by atoms with Gasteiger partial charge in [0.1, 0.15) is 5.38 Å². The van der Waals surface area contributed by atoms with Crippen molar-refractivity contribution in [1.82, 2.24) is 10.2 Å². The van der Waals surface area contributed by atoms with E-state index < -0.39 is 5.38 Å². The number of nitrogens with zero attached hydrogens (tertiary/aromatic N) is 2. The van der Waals surface area contributed by atoms with Gasteiger partial charge in [-0.2, -0.15) is 0 Å². The molecule has 3 nitrogen and oxygen atoms in total. The van der Waals surface area contributed by atoms with Gasteiger partial charge in [-0.05, 0) is 30.2 Å². The van der Waals surface area contributed by atoms with Gasteiger partial charge in [0.25, 0.3) is 0 Å². The first-order valence-corrected chi connectivity index (χ1v) is 7.67. The fourth-order valence-electron chi connectivity index (χ4n) is 2.05. The smallest absolute Gasteiger partial charge is 0.248 e. The van der Waals surface area contributed by atoms with Crippen LogP contribution >= 0.6 is 27.5 Å². The summed E-state index contributed by atoms with van der Waals surface area (Å²) < 4.78 is 6.75. The molecule has 3 rings (SSSR count). The molecule has 1 atom stereocenters. The van der Waals surface area contributed by atoms with Crippen molar-refractivity contribution in [3.05, 3.63) is 70.0 Å². The number of rotatable bonds is 3. The van der Waals surface area contributed by atoms with Gasteiger partial charge in [-0.1, -0.05) is 52.3 Å². The van der Waals surface area contributed by atoms with E-state index in [-0.39, 0.29) is 0 Å².